The number of rotatable bonds is 3. The molecule has 2 saturated heterocycles. The number of fused-ring (bicyclic) bond motifs is 1. The normalized spacial score (nSPS) is 20.7. The van der Waals surface area contributed by atoms with Crippen LogP contribution in [0, 0.1) is 12.7 Å². The first-order chi connectivity index (χ1) is 16.0. The lowest BCUT2D eigenvalue weighted by Gasteiger charge is -2.42. The zero-order valence-electron chi connectivity index (χ0n) is 18.8. The SMILES string of the molecule is Cc1nc(N)c2ccc([C@H]3CCCN(C(=O)C4(c5ccccc5F)CCOCC4)C3)nc2n1. The quantitative estimate of drug-likeness (QED) is 0.658. The number of nitrogen functional groups attached to an aromatic ring is 1. The number of aromatic nitrogens is 3. The molecular weight excluding hydrogens is 421 g/mol. The van der Waals surface area contributed by atoms with E-state index in [1.165, 1.54) is 6.07 Å². The molecule has 7 nitrogen and oxygen atoms in total. The molecule has 8 heteroatoms. The van der Waals surface area contributed by atoms with Crippen molar-refractivity contribution in [2.24, 2.45) is 0 Å². The number of carbonyl (C=O) groups excluding carboxylic acids is 1. The molecule has 5 rings (SSSR count). The Bertz CT molecular complexity index is 1190. The fraction of sp³-hybridized carbons (Fsp3) is 0.440. The lowest BCUT2D eigenvalue weighted by atomic mass is 9.72. The number of nitrogens with two attached hydrogens (primary N) is 1. The highest BCUT2D eigenvalue weighted by molar-refractivity contribution is 5.89. The number of aryl methyl sites for hydroxylation is 1. The number of hydrogen-bond donors (Lipinski definition) is 1. The van der Waals surface area contributed by atoms with Gasteiger partial charge in [-0.1, -0.05) is 18.2 Å². The Morgan fingerprint density at radius 2 is 1.94 bits per heavy atom. The van der Waals surface area contributed by atoms with E-state index in [4.69, 9.17) is 15.5 Å². The van der Waals surface area contributed by atoms with Gasteiger partial charge < -0.3 is 15.4 Å². The minimum atomic E-state index is -0.888. The molecule has 172 valence electrons. The number of likely N-dealkylation sites (tertiary alicyclic amines) is 1. The summed E-state index contributed by atoms with van der Waals surface area (Å²) in [6.45, 7) is 3.90. The molecule has 0 aliphatic carbocycles. The maximum atomic E-state index is 14.9. The van der Waals surface area contributed by atoms with Crippen molar-refractivity contribution >= 4 is 22.8 Å². The molecule has 1 amide bonds. The van der Waals surface area contributed by atoms with Crippen molar-refractivity contribution in [1.82, 2.24) is 19.9 Å². The van der Waals surface area contributed by atoms with Gasteiger partial charge in [0.05, 0.1) is 10.8 Å². The van der Waals surface area contributed by atoms with Crippen molar-refractivity contribution in [3.8, 4) is 0 Å². The van der Waals surface area contributed by atoms with Crippen molar-refractivity contribution in [3.05, 3.63) is 59.3 Å². The molecular formula is C25H28FN5O2. The second kappa shape index (κ2) is 8.67. The van der Waals surface area contributed by atoms with E-state index in [9.17, 15) is 9.18 Å². The monoisotopic (exact) mass is 449 g/mol. The van der Waals surface area contributed by atoms with Gasteiger partial charge in [-0.25, -0.2) is 19.3 Å². The summed E-state index contributed by atoms with van der Waals surface area (Å²) in [5, 5.41) is 0.730. The largest absolute Gasteiger partial charge is 0.383 e. The third kappa shape index (κ3) is 3.93. The molecule has 33 heavy (non-hydrogen) atoms. The average molecular weight is 450 g/mol. The third-order valence-corrected chi connectivity index (χ3v) is 6.99. The van der Waals surface area contributed by atoms with Crippen molar-refractivity contribution in [1.29, 1.82) is 0 Å². The van der Waals surface area contributed by atoms with Gasteiger partial charge in [0.2, 0.25) is 5.91 Å². The van der Waals surface area contributed by atoms with Gasteiger partial charge in [-0.2, -0.15) is 0 Å². The summed E-state index contributed by atoms with van der Waals surface area (Å²) in [6.07, 6.45) is 2.76. The number of amides is 1. The number of benzene rings is 1. The van der Waals surface area contributed by atoms with Crippen LogP contribution < -0.4 is 5.73 Å². The molecule has 2 N–H and O–H groups in total. The molecule has 0 bridgehead atoms. The molecule has 2 fully saturated rings. The number of nitrogens with zero attached hydrogens (tertiary/aromatic N) is 4. The van der Waals surface area contributed by atoms with E-state index in [1.54, 1.807) is 25.1 Å². The molecule has 0 spiro atoms. The first-order valence-corrected chi connectivity index (χ1v) is 11.5. The summed E-state index contributed by atoms with van der Waals surface area (Å²) < 4.78 is 20.4. The average Bonchev–Trinajstić information content (AvgIpc) is 2.84. The Morgan fingerprint density at radius 3 is 2.73 bits per heavy atom. The van der Waals surface area contributed by atoms with E-state index in [-0.39, 0.29) is 17.6 Å². The summed E-state index contributed by atoms with van der Waals surface area (Å²) in [6, 6.07) is 10.5. The molecule has 2 aliphatic heterocycles. The molecule has 0 saturated carbocycles. The predicted molar refractivity (Wildman–Crippen MR) is 123 cm³/mol. The Balaban J connectivity index is 1.45. The van der Waals surface area contributed by atoms with Crippen molar-refractivity contribution in [3.63, 3.8) is 0 Å². The Morgan fingerprint density at radius 1 is 1.15 bits per heavy atom. The molecule has 1 atom stereocenters. The standard InChI is InChI=1S/C25H28FN5O2/c1-16-28-22(27)18-8-9-21(30-23(18)29-16)17-5-4-12-31(15-17)24(32)25(10-13-33-14-11-25)19-6-2-3-7-20(19)26/h2-3,6-9,17H,4-5,10-15H2,1H3,(H2,27,28,29,30)/t17-/m0/s1. The van der Waals surface area contributed by atoms with Gasteiger partial charge in [0.25, 0.3) is 0 Å². The van der Waals surface area contributed by atoms with Crippen LogP contribution in [0.3, 0.4) is 0 Å². The van der Waals surface area contributed by atoms with Gasteiger partial charge in [-0.15, -0.1) is 0 Å². The summed E-state index contributed by atoms with van der Waals surface area (Å²) in [5.74, 6) is 0.745. The second-order valence-corrected chi connectivity index (χ2v) is 9.03. The fourth-order valence-electron chi connectivity index (χ4n) is 5.26. The van der Waals surface area contributed by atoms with E-state index in [2.05, 4.69) is 9.97 Å². The third-order valence-electron chi connectivity index (χ3n) is 6.99. The van der Waals surface area contributed by atoms with E-state index in [0.29, 0.717) is 62.0 Å². The van der Waals surface area contributed by atoms with Crippen molar-refractivity contribution in [2.45, 2.75) is 43.9 Å². The van der Waals surface area contributed by atoms with Crippen molar-refractivity contribution < 1.29 is 13.9 Å². The van der Waals surface area contributed by atoms with Crippen LogP contribution in [0.2, 0.25) is 0 Å². The molecule has 0 unspecified atom stereocenters. The van der Waals surface area contributed by atoms with Crippen LogP contribution in [0.25, 0.3) is 11.0 Å². The minimum Gasteiger partial charge on any atom is -0.383 e. The molecule has 2 aliphatic rings. The van der Waals surface area contributed by atoms with Crippen LogP contribution >= 0.6 is 0 Å². The highest BCUT2D eigenvalue weighted by Crippen LogP contribution is 2.40. The van der Waals surface area contributed by atoms with E-state index in [1.807, 2.05) is 17.0 Å². The Labute approximate surface area is 192 Å². The maximum Gasteiger partial charge on any atom is 0.233 e. The van der Waals surface area contributed by atoms with Gasteiger partial charge in [0.15, 0.2) is 5.65 Å². The number of halogens is 1. The second-order valence-electron chi connectivity index (χ2n) is 9.03. The maximum absolute atomic E-state index is 14.9. The fourth-order valence-corrected chi connectivity index (χ4v) is 5.26. The number of carbonyl (C=O) groups is 1. The first kappa shape index (κ1) is 21.7. The lowest BCUT2D eigenvalue weighted by molar-refractivity contribution is -0.142. The zero-order chi connectivity index (χ0) is 23.0. The highest BCUT2D eigenvalue weighted by atomic mass is 19.1. The summed E-state index contributed by atoms with van der Waals surface area (Å²) in [5.41, 5.74) is 7.09. The van der Waals surface area contributed by atoms with Crippen LogP contribution in [0.4, 0.5) is 10.2 Å². The van der Waals surface area contributed by atoms with Crippen LogP contribution in [0.1, 0.15) is 48.7 Å². The Kier molecular flexibility index (Phi) is 5.70. The van der Waals surface area contributed by atoms with Gasteiger partial charge >= 0.3 is 0 Å². The van der Waals surface area contributed by atoms with Gasteiger partial charge in [0.1, 0.15) is 17.5 Å². The minimum absolute atomic E-state index is 0.0104. The first-order valence-electron chi connectivity index (χ1n) is 11.5. The summed E-state index contributed by atoms with van der Waals surface area (Å²) in [7, 11) is 0. The zero-order valence-corrected chi connectivity index (χ0v) is 18.8. The van der Waals surface area contributed by atoms with E-state index < -0.39 is 5.41 Å². The van der Waals surface area contributed by atoms with Crippen LogP contribution in [0.5, 0.6) is 0 Å². The molecule has 1 aromatic carbocycles. The Hall–Kier alpha value is -3.13. The van der Waals surface area contributed by atoms with Crippen LogP contribution in [-0.4, -0.2) is 52.1 Å². The van der Waals surface area contributed by atoms with Crippen LogP contribution in [-0.2, 0) is 14.9 Å². The number of hydrogen-bond acceptors (Lipinski definition) is 6. The van der Waals surface area contributed by atoms with E-state index in [0.717, 1.165) is 23.9 Å². The molecule has 0 radical (unpaired) electrons. The number of ether oxygens (including phenoxy) is 1. The molecule has 4 heterocycles. The van der Waals surface area contributed by atoms with Crippen LogP contribution in [0.15, 0.2) is 36.4 Å². The smallest absolute Gasteiger partial charge is 0.233 e. The number of anilines is 1. The number of piperidine rings is 1. The molecule has 2 aromatic heterocycles. The van der Waals surface area contributed by atoms with Crippen molar-refractivity contribution in [2.75, 3.05) is 32.0 Å². The summed E-state index contributed by atoms with van der Waals surface area (Å²) in [4.78, 5) is 29.3. The van der Waals surface area contributed by atoms with Gasteiger partial charge in [-0.05, 0) is 50.8 Å². The van der Waals surface area contributed by atoms with Gasteiger partial charge in [-0.3, -0.25) is 4.79 Å². The summed E-state index contributed by atoms with van der Waals surface area (Å²) >= 11 is 0. The van der Waals surface area contributed by atoms with E-state index >= 15 is 0 Å². The predicted octanol–water partition coefficient (Wildman–Crippen LogP) is 3.51. The molecule has 3 aromatic rings. The number of pyridine rings is 1. The highest BCUT2D eigenvalue weighted by Gasteiger charge is 2.46. The topological polar surface area (TPSA) is 94.2 Å². The van der Waals surface area contributed by atoms with Gasteiger partial charge in [0, 0.05) is 43.5 Å². The lowest BCUT2D eigenvalue weighted by Crippen LogP contribution is -2.52.